The van der Waals surface area contributed by atoms with Crippen LogP contribution >= 0.6 is 11.6 Å². The number of carbonyl (C=O) groups is 2. The van der Waals surface area contributed by atoms with Gasteiger partial charge < -0.3 is 20.1 Å². The average Bonchev–Trinajstić information content (AvgIpc) is 2.98. The molecule has 1 atom stereocenters. The molecule has 2 heterocycles. The number of aromatic hydroxyl groups is 1. The van der Waals surface area contributed by atoms with Gasteiger partial charge in [0, 0.05) is 24.2 Å². The van der Waals surface area contributed by atoms with E-state index in [0.717, 1.165) is 0 Å². The zero-order valence-corrected chi connectivity index (χ0v) is 14.2. The molecule has 2 aromatic rings. The van der Waals surface area contributed by atoms with Crippen molar-refractivity contribution in [3.63, 3.8) is 0 Å². The van der Waals surface area contributed by atoms with Crippen LogP contribution in [0.5, 0.6) is 11.5 Å². The molecular formula is C17H16ClN3O4. The highest BCUT2D eigenvalue weighted by Gasteiger charge is 2.36. The molecule has 2 amide bonds. The number of anilines is 2. The number of aromatic nitrogens is 1. The third-order valence-electron chi connectivity index (χ3n) is 3.96. The molecule has 0 spiro atoms. The maximum Gasteiger partial charge on any atom is 0.231 e. The highest BCUT2D eigenvalue weighted by Crippen LogP contribution is 2.35. The van der Waals surface area contributed by atoms with E-state index < -0.39 is 5.92 Å². The van der Waals surface area contributed by atoms with Crippen LogP contribution in [-0.4, -0.2) is 35.6 Å². The molecule has 0 aliphatic carbocycles. The number of rotatable bonds is 4. The van der Waals surface area contributed by atoms with Gasteiger partial charge in [-0.1, -0.05) is 11.6 Å². The number of carbonyl (C=O) groups excluding carboxylic acids is 2. The number of benzene rings is 1. The predicted molar refractivity (Wildman–Crippen MR) is 93.0 cm³/mol. The number of halogens is 1. The molecule has 7 nitrogen and oxygen atoms in total. The Morgan fingerprint density at radius 2 is 2.24 bits per heavy atom. The van der Waals surface area contributed by atoms with Crippen LogP contribution in [0.15, 0.2) is 36.5 Å². The quantitative estimate of drug-likeness (QED) is 0.872. The van der Waals surface area contributed by atoms with Gasteiger partial charge in [-0.25, -0.2) is 4.98 Å². The summed E-state index contributed by atoms with van der Waals surface area (Å²) in [5.41, 5.74) is 0.524. The monoisotopic (exact) mass is 361 g/mol. The first kappa shape index (κ1) is 17.0. The number of hydrogen-bond donors (Lipinski definition) is 2. The predicted octanol–water partition coefficient (Wildman–Crippen LogP) is 2.44. The van der Waals surface area contributed by atoms with E-state index in [1.807, 2.05) is 0 Å². The standard InChI is InChI=1S/C17H16ClN3O4/c1-25-14-5-4-11(18)8-12(14)21-9-10(7-15(21)23)17(24)20-16-13(22)3-2-6-19-16/h2-6,8,10,22H,7,9H2,1H3,(H,19,20,24)/t10-/m0/s1. The summed E-state index contributed by atoms with van der Waals surface area (Å²) in [7, 11) is 1.50. The van der Waals surface area contributed by atoms with Gasteiger partial charge in [0.2, 0.25) is 11.8 Å². The fraction of sp³-hybridized carbons (Fsp3) is 0.235. The first-order valence-corrected chi connectivity index (χ1v) is 7.96. The van der Waals surface area contributed by atoms with Crippen LogP contribution in [0.1, 0.15) is 6.42 Å². The van der Waals surface area contributed by atoms with E-state index in [1.54, 1.807) is 24.3 Å². The molecular weight excluding hydrogens is 346 g/mol. The SMILES string of the molecule is COc1ccc(Cl)cc1N1C[C@@H](C(=O)Nc2ncccc2O)CC1=O. The normalized spacial score (nSPS) is 16.8. The first-order valence-electron chi connectivity index (χ1n) is 7.58. The summed E-state index contributed by atoms with van der Waals surface area (Å²) in [6.45, 7) is 0.189. The average molecular weight is 362 g/mol. The maximum atomic E-state index is 12.4. The van der Waals surface area contributed by atoms with E-state index in [1.165, 1.54) is 24.3 Å². The summed E-state index contributed by atoms with van der Waals surface area (Å²) >= 11 is 6.01. The molecule has 130 valence electrons. The molecule has 1 fully saturated rings. The van der Waals surface area contributed by atoms with Crippen molar-refractivity contribution in [1.82, 2.24) is 4.98 Å². The Bertz CT molecular complexity index is 827. The van der Waals surface area contributed by atoms with Crippen LogP contribution < -0.4 is 15.0 Å². The van der Waals surface area contributed by atoms with Gasteiger partial charge in [-0.3, -0.25) is 9.59 Å². The lowest BCUT2D eigenvalue weighted by atomic mass is 10.1. The molecule has 8 heteroatoms. The largest absolute Gasteiger partial charge is 0.504 e. The van der Waals surface area contributed by atoms with Gasteiger partial charge in [0.25, 0.3) is 0 Å². The summed E-state index contributed by atoms with van der Waals surface area (Å²) in [5, 5.41) is 12.7. The Labute approximate surface area is 149 Å². The van der Waals surface area contributed by atoms with E-state index in [9.17, 15) is 14.7 Å². The third-order valence-corrected chi connectivity index (χ3v) is 4.19. The van der Waals surface area contributed by atoms with E-state index in [2.05, 4.69) is 10.3 Å². The molecule has 0 radical (unpaired) electrons. The van der Waals surface area contributed by atoms with Crippen molar-refractivity contribution in [1.29, 1.82) is 0 Å². The zero-order valence-electron chi connectivity index (χ0n) is 13.4. The molecule has 0 unspecified atom stereocenters. The van der Waals surface area contributed by atoms with E-state index in [4.69, 9.17) is 16.3 Å². The Hall–Kier alpha value is -2.80. The second-order valence-electron chi connectivity index (χ2n) is 5.58. The molecule has 1 aliphatic rings. The number of methoxy groups -OCH3 is 1. The van der Waals surface area contributed by atoms with Crippen molar-refractivity contribution in [2.75, 3.05) is 23.9 Å². The van der Waals surface area contributed by atoms with Crippen LogP contribution in [0.4, 0.5) is 11.5 Å². The lowest BCUT2D eigenvalue weighted by Gasteiger charge is -2.19. The summed E-state index contributed by atoms with van der Waals surface area (Å²) in [6, 6.07) is 7.94. The van der Waals surface area contributed by atoms with Crippen molar-refractivity contribution in [2.45, 2.75) is 6.42 Å². The van der Waals surface area contributed by atoms with Crippen molar-refractivity contribution >= 4 is 34.9 Å². The number of pyridine rings is 1. The fourth-order valence-corrected chi connectivity index (χ4v) is 2.87. The zero-order chi connectivity index (χ0) is 18.0. The van der Waals surface area contributed by atoms with Crippen LogP contribution in [-0.2, 0) is 9.59 Å². The van der Waals surface area contributed by atoms with Crippen molar-refractivity contribution in [2.24, 2.45) is 5.92 Å². The molecule has 0 bridgehead atoms. The van der Waals surface area contributed by atoms with Gasteiger partial charge in [-0.2, -0.15) is 0 Å². The van der Waals surface area contributed by atoms with Gasteiger partial charge >= 0.3 is 0 Å². The fourth-order valence-electron chi connectivity index (χ4n) is 2.70. The van der Waals surface area contributed by atoms with E-state index in [0.29, 0.717) is 16.5 Å². The number of ether oxygens (including phenoxy) is 1. The lowest BCUT2D eigenvalue weighted by molar-refractivity contribution is -0.122. The Morgan fingerprint density at radius 3 is 2.96 bits per heavy atom. The van der Waals surface area contributed by atoms with Crippen molar-refractivity contribution in [3.05, 3.63) is 41.6 Å². The molecule has 1 aromatic heterocycles. The summed E-state index contributed by atoms with van der Waals surface area (Å²) in [6.07, 6.45) is 1.51. The number of hydrogen-bond acceptors (Lipinski definition) is 5. The molecule has 1 saturated heterocycles. The van der Waals surface area contributed by atoms with Crippen molar-refractivity contribution < 1.29 is 19.4 Å². The highest BCUT2D eigenvalue weighted by molar-refractivity contribution is 6.31. The van der Waals surface area contributed by atoms with Crippen LogP contribution in [0.3, 0.4) is 0 Å². The second-order valence-corrected chi connectivity index (χ2v) is 6.02. The van der Waals surface area contributed by atoms with Gasteiger partial charge in [-0.15, -0.1) is 0 Å². The molecule has 3 rings (SSSR count). The van der Waals surface area contributed by atoms with Crippen LogP contribution in [0.2, 0.25) is 5.02 Å². The van der Waals surface area contributed by atoms with Gasteiger partial charge in [0.1, 0.15) is 5.75 Å². The third kappa shape index (κ3) is 3.51. The Balaban J connectivity index is 1.78. The van der Waals surface area contributed by atoms with Crippen molar-refractivity contribution in [3.8, 4) is 11.5 Å². The van der Waals surface area contributed by atoms with Gasteiger partial charge in [-0.05, 0) is 30.3 Å². The minimum atomic E-state index is -0.572. The van der Waals surface area contributed by atoms with Crippen LogP contribution in [0.25, 0.3) is 0 Å². The smallest absolute Gasteiger partial charge is 0.231 e. The topological polar surface area (TPSA) is 91.8 Å². The van der Waals surface area contributed by atoms with E-state index >= 15 is 0 Å². The maximum absolute atomic E-state index is 12.4. The van der Waals surface area contributed by atoms with Crippen LogP contribution in [0, 0.1) is 5.92 Å². The van der Waals surface area contributed by atoms with Gasteiger partial charge in [0.15, 0.2) is 11.6 Å². The molecule has 1 aliphatic heterocycles. The second kappa shape index (κ2) is 6.98. The number of amides is 2. The Morgan fingerprint density at radius 1 is 1.44 bits per heavy atom. The lowest BCUT2D eigenvalue weighted by Crippen LogP contribution is -2.28. The first-order chi connectivity index (χ1) is 12.0. The Kier molecular flexibility index (Phi) is 4.76. The molecule has 2 N–H and O–H groups in total. The summed E-state index contributed by atoms with van der Waals surface area (Å²) < 4.78 is 5.27. The molecule has 0 saturated carbocycles. The minimum absolute atomic E-state index is 0.0507. The number of nitrogens with one attached hydrogen (secondary N) is 1. The summed E-state index contributed by atoms with van der Waals surface area (Å²) in [4.78, 5) is 30.2. The molecule has 1 aromatic carbocycles. The van der Waals surface area contributed by atoms with E-state index in [-0.39, 0.29) is 36.3 Å². The van der Waals surface area contributed by atoms with Gasteiger partial charge in [0.05, 0.1) is 18.7 Å². The summed E-state index contributed by atoms with van der Waals surface area (Å²) in [5.74, 6) is -0.720. The molecule has 25 heavy (non-hydrogen) atoms. The highest BCUT2D eigenvalue weighted by atomic mass is 35.5. The number of nitrogens with zero attached hydrogens (tertiary/aromatic N) is 2. The minimum Gasteiger partial charge on any atom is -0.504 e.